The highest BCUT2D eigenvalue weighted by molar-refractivity contribution is 6.31. The summed E-state index contributed by atoms with van der Waals surface area (Å²) in [5, 5.41) is 0.697. The summed E-state index contributed by atoms with van der Waals surface area (Å²) in [6, 6.07) is 5.54. The van der Waals surface area contributed by atoms with E-state index in [9.17, 15) is 0 Å². The van der Waals surface area contributed by atoms with Gasteiger partial charge in [0.1, 0.15) is 5.82 Å². The van der Waals surface area contributed by atoms with Crippen molar-refractivity contribution < 1.29 is 0 Å². The van der Waals surface area contributed by atoms with Crippen LogP contribution in [-0.4, -0.2) is 9.97 Å². The first-order valence-electron chi connectivity index (χ1n) is 4.41. The van der Waals surface area contributed by atoms with Crippen LogP contribution in [-0.2, 0) is 5.54 Å². The van der Waals surface area contributed by atoms with Gasteiger partial charge in [-0.25, -0.2) is 4.98 Å². The molecule has 0 saturated carbocycles. The third-order valence-electron chi connectivity index (χ3n) is 2.05. The van der Waals surface area contributed by atoms with Crippen molar-refractivity contribution >= 4 is 22.6 Å². The summed E-state index contributed by atoms with van der Waals surface area (Å²) >= 11 is 5.86. The molecule has 1 aromatic carbocycles. The van der Waals surface area contributed by atoms with Gasteiger partial charge in [-0.3, -0.25) is 0 Å². The number of hydrogen-bond donors (Lipinski definition) is 2. The Kier molecular flexibility index (Phi) is 2.01. The lowest BCUT2D eigenvalue weighted by atomic mass is 10.1. The van der Waals surface area contributed by atoms with Crippen LogP contribution in [0.1, 0.15) is 19.7 Å². The molecule has 0 aliphatic heterocycles. The van der Waals surface area contributed by atoms with Gasteiger partial charge in [0.25, 0.3) is 0 Å². The van der Waals surface area contributed by atoms with Crippen molar-refractivity contribution in [1.82, 2.24) is 9.97 Å². The van der Waals surface area contributed by atoms with Crippen molar-refractivity contribution in [2.24, 2.45) is 5.73 Å². The molecule has 0 aliphatic carbocycles. The topological polar surface area (TPSA) is 54.7 Å². The smallest absolute Gasteiger partial charge is 0.126 e. The van der Waals surface area contributed by atoms with Crippen molar-refractivity contribution in [3.05, 3.63) is 29.0 Å². The van der Waals surface area contributed by atoms with Crippen LogP contribution in [0, 0.1) is 0 Å². The summed E-state index contributed by atoms with van der Waals surface area (Å²) < 4.78 is 0. The average Bonchev–Trinajstić information content (AvgIpc) is 2.45. The molecule has 2 rings (SSSR count). The second-order valence-corrected chi connectivity index (χ2v) is 4.41. The second kappa shape index (κ2) is 2.97. The molecule has 0 aliphatic rings. The first kappa shape index (κ1) is 9.49. The zero-order valence-corrected chi connectivity index (χ0v) is 8.89. The molecule has 74 valence electrons. The van der Waals surface area contributed by atoms with Crippen LogP contribution < -0.4 is 5.73 Å². The van der Waals surface area contributed by atoms with E-state index < -0.39 is 5.54 Å². The summed E-state index contributed by atoms with van der Waals surface area (Å²) in [6.45, 7) is 3.82. The Morgan fingerprint density at radius 3 is 2.79 bits per heavy atom. The maximum Gasteiger partial charge on any atom is 0.126 e. The van der Waals surface area contributed by atoms with Gasteiger partial charge in [0.2, 0.25) is 0 Å². The van der Waals surface area contributed by atoms with Crippen LogP contribution in [0.15, 0.2) is 18.2 Å². The fraction of sp³-hybridized carbons (Fsp3) is 0.300. The van der Waals surface area contributed by atoms with Crippen molar-refractivity contribution in [2.75, 3.05) is 0 Å². The van der Waals surface area contributed by atoms with E-state index >= 15 is 0 Å². The molecule has 1 heterocycles. The molecule has 3 N–H and O–H groups in total. The van der Waals surface area contributed by atoms with Gasteiger partial charge in [0.05, 0.1) is 16.6 Å². The van der Waals surface area contributed by atoms with Crippen LogP contribution in [0.3, 0.4) is 0 Å². The molecule has 14 heavy (non-hydrogen) atoms. The molecule has 4 heteroatoms. The maximum atomic E-state index is 5.93. The maximum absolute atomic E-state index is 5.93. The molecular formula is C10H12ClN3. The summed E-state index contributed by atoms with van der Waals surface area (Å²) in [5.74, 6) is 0.773. The van der Waals surface area contributed by atoms with E-state index in [0.717, 1.165) is 16.9 Å². The second-order valence-electron chi connectivity index (χ2n) is 3.97. The van der Waals surface area contributed by atoms with E-state index in [4.69, 9.17) is 17.3 Å². The Labute approximate surface area is 87.3 Å². The zero-order valence-electron chi connectivity index (χ0n) is 8.13. The summed E-state index contributed by atoms with van der Waals surface area (Å²) in [6.07, 6.45) is 0. The number of aromatic nitrogens is 2. The fourth-order valence-electron chi connectivity index (χ4n) is 1.29. The van der Waals surface area contributed by atoms with Crippen molar-refractivity contribution in [2.45, 2.75) is 19.4 Å². The minimum atomic E-state index is -0.453. The van der Waals surface area contributed by atoms with Crippen molar-refractivity contribution in [3.8, 4) is 0 Å². The lowest BCUT2D eigenvalue weighted by Gasteiger charge is -2.13. The average molecular weight is 210 g/mol. The number of aromatic amines is 1. The van der Waals surface area contributed by atoms with Crippen LogP contribution in [0.2, 0.25) is 5.02 Å². The molecular weight excluding hydrogens is 198 g/mol. The predicted octanol–water partition coefficient (Wildman–Crippen LogP) is 2.41. The molecule has 0 amide bonds. The number of hydrogen-bond acceptors (Lipinski definition) is 2. The molecule has 0 fully saturated rings. The van der Waals surface area contributed by atoms with E-state index in [1.807, 2.05) is 32.0 Å². The van der Waals surface area contributed by atoms with Crippen LogP contribution >= 0.6 is 11.6 Å². The van der Waals surface area contributed by atoms with E-state index in [2.05, 4.69) is 9.97 Å². The molecule has 0 atom stereocenters. The number of H-pyrrole nitrogens is 1. The normalized spacial score (nSPS) is 12.3. The SMILES string of the molecule is CC(C)(N)c1nc2ccc(Cl)cc2[nH]1. The van der Waals surface area contributed by atoms with Gasteiger partial charge in [0.15, 0.2) is 0 Å². The monoisotopic (exact) mass is 209 g/mol. The van der Waals surface area contributed by atoms with Crippen LogP contribution in [0.5, 0.6) is 0 Å². The van der Waals surface area contributed by atoms with Crippen molar-refractivity contribution in [1.29, 1.82) is 0 Å². The van der Waals surface area contributed by atoms with Gasteiger partial charge >= 0.3 is 0 Å². The van der Waals surface area contributed by atoms with Gasteiger partial charge in [-0.1, -0.05) is 11.6 Å². The Morgan fingerprint density at radius 1 is 1.43 bits per heavy atom. The molecule has 3 nitrogen and oxygen atoms in total. The van der Waals surface area contributed by atoms with E-state index in [1.165, 1.54) is 0 Å². The summed E-state index contributed by atoms with van der Waals surface area (Å²) in [4.78, 5) is 7.54. The first-order chi connectivity index (χ1) is 6.47. The van der Waals surface area contributed by atoms with Gasteiger partial charge in [-0.05, 0) is 32.0 Å². The molecule has 0 radical (unpaired) electrons. The Bertz CT molecular complexity index is 468. The standard InChI is InChI=1S/C10H12ClN3/c1-10(2,12)9-13-7-4-3-6(11)5-8(7)14-9/h3-5H,12H2,1-2H3,(H,13,14). The number of nitrogens with zero attached hydrogens (tertiary/aromatic N) is 1. The van der Waals surface area contributed by atoms with Crippen LogP contribution in [0.25, 0.3) is 11.0 Å². The van der Waals surface area contributed by atoms with Crippen molar-refractivity contribution in [3.63, 3.8) is 0 Å². The Morgan fingerprint density at radius 2 is 2.14 bits per heavy atom. The lowest BCUT2D eigenvalue weighted by molar-refractivity contribution is 0.522. The van der Waals surface area contributed by atoms with Gasteiger partial charge in [0, 0.05) is 5.02 Å². The minimum absolute atomic E-state index is 0.453. The number of imidazole rings is 1. The third-order valence-corrected chi connectivity index (χ3v) is 2.29. The highest BCUT2D eigenvalue weighted by atomic mass is 35.5. The van der Waals surface area contributed by atoms with E-state index in [1.54, 1.807) is 0 Å². The summed E-state index contributed by atoms with van der Waals surface area (Å²) in [5.41, 5.74) is 7.29. The molecule has 0 unspecified atom stereocenters. The number of nitrogens with two attached hydrogens (primary N) is 1. The fourth-order valence-corrected chi connectivity index (χ4v) is 1.46. The highest BCUT2D eigenvalue weighted by Gasteiger charge is 2.18. The van der Waals surface area contributed by atoms with E-state index in [-0.39, 0.29) is 0 Å². The zero-order chi connectivity index (χ0) is 10.3. The molecule has 0 saturated heterocycles. The Hall–Kier alpha value is -1.06. The number of halogens is 1. The number of benzene rings is 1. The number of rotatable bonds is 1. The first-order valence-corrected chi connectivity index (χ1v) is 4.79. The molecule has 2 aromatic rings. The molecule has 0 bridgehead atoms. The number of fused-ring (bicyclic) bond motifs is 1. The summed E-state index contributed by atoms with van der Waals surface area (Å²) in [7, 11) is 0. The predicted molar refractivity (Wildman–Crippen MR) is 58.3 cm³/mol. The van der Waals surface area contributed by atoms with Gasteiger partial charge in [-0.15, -0.1) is 0 Å². The van der Waals surface area contributed by atoms with E-state index in [0.29, 0.717) is 5.02 Å². The largest absolute Gasteiger partial charge is 0.340 e. The Balaban J connectivity index is 2.63. The van der Waals surface area contributed by atoms with Crippen LogP contribution in [0.4, 0.5) is 0 Å². The molecule has 0 spiro atoms. The minimum Gasteiger partial charge on any atom is -0.340 e. The van der Waals surface area contributed by atoms with Gasteiger partial charge in [-0.2, -0.15) is 0 Å². The third kappa shape index (κ3) is 1.61. The van der Waals surface area contributed by atoms with Gasteiger partial charge < -0.3 is 10.7 Å². The number of nitrogens with one attached hydrogen (secondary N) is 1. The lowest BCUT2D eigenvalue weighted by Crippen LogP contribution is -2.30. The molecule has 1 aromatic heterocycles. The highest BCUT2D eigenvalue weighted by Crippen LogP contribution is 2.21. The quantitative estimate of drug-likeness (QED) is 0.758.